The zero-order valence-corrected chi connectivity index (χ0v) is 14.1. The highest BCUT2D eigenvalue weighted by atomic mass is 16.5. The average molecular weight is 332 g/mol. The van der Waals surface area contributed by atoms with E-state index in [-0.39, 0.29) is 5.91 Å². The molecule has 2 rings (SSSR count). The number of methoxy groups -OCH3 is 1. The maximum Gasteiger partial charge on any atom is 0.330 e. The van der Waals surface area contributed by atoms with Crippen molar-refractivity contribution in [3.05, 3.63) is 24.2 Å². The van der Waals surface area contributed by atoms with Crippen LogP contribution < -0.4 is 10.6 Å². The van der Waals surface area contributed by atoms with Crippen LogP contribution in [0.2, 0.25) is 0 Å². The summed E-state index contributed by atoms with van der Waals surface area (Å²) in [6.45, 7) is 2.53. The number of carbonyl (C=O) groups excluding carboxylic acids is 2. The molecule has 1 atom stereocenters. The number of hydrogen-bond donors (Lipinski definition) is 2. The fourth-order valence-corrected chi connectivity index (χ4v) is 2.62. The Hall–Kier alpha value is -2.44. The van der Waals surface area contributed by atoms with Gasteiger partial charge in [0.05, 0.1) is 25.2 Å². The molecule has 1 fully saturated rings. The van der Waals surface area contributed by atoms with E-state index in [9.17, 15) is 9.59 Å². The molecule has 0 aliphatic heterocycles. The van der Waals surface area contributed by atoms with Gasteiger partial charge in [0, 0.05) is 12.6 Å². The summed E-state index contributed by atoms with van der Waals surface area (Å²) in [6.07, 6.45) is 10.8. The molecule has 0 spiro atoms. The molecule has 2 N–H and O–H groups in total. The Morgan fingerprint density at radius 3 is 2.71 bits per heavy atom. The normalized spacial score (nSPS) is 16.1. The van der Waals surface area contributed by atoms with Crippen molar-refractivity contribution in [3.63, 3.8) is 0 Å². The molecule has 1 amide bonds. The Labute approximate surface area is 141 Å². The average Bonchev–Trinajstić information content (AvgIpc) is 3.12. The van der Waals surface area contributed by atoms with Crippen molar-refractivity contribution < 1.29 is 14.3 Å². The van der Waals surface area contributed by atoms with Crippen LogP contribution in [0.1, 0.15) is 38.3 Å². The molecule has 1 saturated carbocycles. The smallest absolute Gasteiger partial charge is 0.330 e. The number of rotatable bonds is 7. The van der Waals surface area contributed by atoms with Crippen LogP contribution in [-0.2, 0) is 14.3 Å². The van der Waals surface area contributed by atoms with Gasteiger partial charge in [-0.05, 0) is 31.8 Å². The highest BCUT2D eigenvalue weighted by Crippen LogP contribution is 2.23. The third-order valence-electron chi connectivity index (χ3n) is 4.06. The Bertz CT molecular complexity index is 580. The van der Waals surface area contributed by atoms with Gasteiger partial charge >= 0.3 is 5.97 Å². The molecule has 0 radical (unpaired) electrons. The van der Waals surface area contributed by atoms with Crippen LogP contribution in [0.5, 0.6) is 0 Å². The Morgan fingerprint density at radius 1 is 1.33 bits per heavy atom. The minimum Gasteiger partial charge on any atom is -0.466 e. The quantitative estimate of drug-likeness (QED) is 0.584. The van der Waals surface area contributed by atoms with E-state index in [2.05, 4.69) is 25.3 Å². The highest BCUT2D eigenvalue weighted by molar-refractivity contribution is 5.86. The van der Waals surface area contributed by atoms with Gasteiger partial charge in [-0.1, -0.05) is 12.8 Å². The van der Waals surface area contributed by atoms with Crippen LogP contribution in [0.4, 0.5) is 5.82 Å². The van der Waals surface area contributed by atoms with Crippen molar-refractivity contribution >= 4 is 23.8 Å². The molecule has 0 aromatic carbocycles. The second-order valence-corrected chi connectivity index (χ2v) is 5.94. The lowest BCUT2D eigenvalue weighted by molar-refractivity contribution is -0.134. The summed E-state index contributed by atoms with van der Waals surface area (Å²) in [5.74, 6) is 0.625. The second-order valence-electron chi connectivity index (χ2n) is 5.94. The van der Waals surface area contributed by atoms with Crippen LogP contribution >= 0.6 is 0 Å². The molecule has 1 aromatic heterocycles. The minimum absolute atomic E-state index is 0.0432. The molecule has 24 heavy (non-hydrogen) atoms. The topological polar surface area (TPSA) is 93.2 Å². The van der Waals surface area contributed by atoms with Gasteiger partial charge in [0.2, 0.25) is 5.91 Å². The van der Waals surface area contributed by atoms with E-state index < -0.39 is 12.0 Å². The Morgan fingerprint density at radius 2 is 2.08 bits per heavy atom. The SMILES string of the molecule is COC(=O)C=Cc1cnc(N[C@H](C)C(=O)NCC2CCCC2)cn1. The summed E-state index contributed by atoms with van der Waals surface area (Å²) < 4.78 is 4.50. The third kappa shape index (κ3) is 5.64. The number of esters is 1. The van der Waals surface area contributed by atoms with Crippen molar-refractivity contribution in [1.29, 1.82) is 0 Å². The predicted molar refractivity (Wildman–Crippen MR) is 91.1 cm³/mol. The predicted octanol–water partition coefficient (Wildman–Crippen LogP) is 1.77. The Balaban J connectivity index is 1.80. The molecule has 1 aliphatic rings. The summed E-state index contributed by atoms with van der Waals surface area (Å²) in [7, 11) is 1.31. The lowest BCUT2D eigenvalue weighted by Crippen LogP contribution is -2.39. The number of hydrogen-bond acceptors (Lipinski definition) is 6. The van der Waals surface area contributed by atoms with Gasteiger partial charge in [-0.25, -0.2) is 9.78 Å². The molecule has 0 bridgehead atoms. The first-order chi connectivity index (χ1) is 11.6. The first-order valence-electron chi connectivity index (χ1n) is 8.21. The van der Waals surface area contributed by atoms with Crippen LogP contribution in [-0.4, -0.2) is 41.5 Å². The molecule has 0 unspecified atom stereocenters. The minimum atomic E-state index is -0.452. The first kappa shape index (κ1) is 17.9. The van der Waals surface area contributed by atoms with Crippen molar-refractivity contribution in [3.8, 4) is 0 Å². The van der Waals surface area contributed by atoms with Crippen LogP contribution in [0, 0.1) is 5.92 Å². The zero-order valence-electron chi connectivity index (χ0n) is 14.1. The van der Waals surface area contributed by atoms with Crippen LogP contribution in [0.25, 0.3) is 6.08 Å². The van der Waals surface area contributed by atoms with Crippen LogP contribution in [0.3, 0.4) is 0 Å². The van der Waals surface area contributed by atoms with Crippen molar-refractivity contribution in [2.75, 3.05) is 19.0 Å². The lowest BCUT2D eigenvalue weighted by Gasteiger charge is -2.16. The van der Waals surface area contributed by atoms with Crippen LogP contribution in [0.15, 0.2) is 18.5 Å². The third-order valence-corrected chi connectivity index (χ3v) is 4.06. The van der Waals surface area contributed by atoms with Crippen molar-refractivity contribution in [2.45, 2.75) is 38.6 Å². The molecule has 0 saturated heterocycles. The highest BCUT2D eigenvalue weighted by Gasteiger charge is 2.18. The largest absolute Gasteiger partial charge is 0.466 e. The molecule has 7 heteroatoms. The molecular weight excluding hydrogens is 308 g/mol. The summed E-state index contributed by atoms with van der Waals surface area (Å²) in [5, 5.41) is 6.00. The molecular formula is C17H24N4O3. The van der Waals surface area contributed by atoms with Gasteiger partial charge < -0.3 is 15.4 Å². The monoisotopic (exact) mass is 332 g/mol. The van der Waals surface area contributed by atoms with Gasteiger partial charge in [-0.2, -0.15) is 0 Å². The van der Waals surface area contributed by atoms with Crippen molar-refractivity contribution in [1.82, 2.24) is 15.3 Å². The van der Waals surface area contributed by atoms with E-state index in [4.69, 9.17) is 0 Å². The number of ether oxygens (including phenoxy) is 1. The van der Waals surface area contributed by atoms with Crippen molar-refractivity contribution in [2.24, 2.45) is 5.92 Å². The summed E-state index contributed by atoms with van der Waals surface area (Å²) in [5.41, 5.74) is 0.532. The summed E-state index contributed by atoms with van der Waals surface area (Å²) >= 11 is 0. The zero-order chi connectivity index (χ0) is 17.4. The molecule has 1 aromatic rings. The van der Waals surface area contributed by atoms with Gasteiger partial charge in [-0.3, -0.25) is 9.78 Å². The number of nitrogens with zero attached hydrogens (tertiary/aromatic N) is 2. The van der Waals surface area contributed by atoms with E-state index in [0.29, 0.717) is 17.4 Å². The van der Waals surface area contributed by atoms with E-state index in [0.717, 1.165) is 6.54 Å². The maximum atomic E-state index is 12.1. The van der Waals surface area contributed by atoms with Gasteiger partial charge in [-0.15, -0.1) is 0 Å². The first-order valence-corrected chi connectivity index (χ1v) is 8.21. The van der Waals surface area contributed by atoms with E-state index >= 15 is 0 Å². The molecule has 1 aliphatic carbocycles. The second kappa shape index (κ2) is 9.00. The lowest BCUT2D eigenvalue weighted by atomic mass is 10.1. The van der Waals surface area contributed by atoms with E-state index in [1.807, 2.05) is 0 Å². The number of carbonyl (C=O) groups is 2. The molecule has 7 nitrogen and oxygen atoms in total. The molecule has 1 heterocycles. The van der Waals surface area contributed by atoms with Gasteiger partial charge in [0.1, 0.15) is 11.9 Å². The fraction of sp³-hybridized carbons (Fsp3) is 0.529. The maximum absolute atomic E-state index is 12.1. The van der Waals surface area contributed by atoms with Gasteiger partial charge in [0.15, 0.2) is 0 Å². The number of amides is 1. The van der Waals surface area contributed by atoms with E-state index in [1.54, 1.807) is 6.92 Å². The Kier molecular flexibility index (Phi) is 6.72. The summed E-state index contributed by atoms with van der Waals surface area (Å²) in [6, 6.07) is -0.392. The number of aromatic nitrogens is 2. The summed E-state index contributed by atoms with van der Waals surface area (Å²) in [4.78, 5) is 31.5. The standard InChI is InChI=1S/C17H24N4O3/c1-12(17(23)20-9-13-5-3-4-6-13)21-15-11-18-14(10-19-15)7-8-16(22)24-2/h7-8,10-13H,3-6,9H2,1-2H3,(H,19,21)(H,20,23)/t12-/m1/s1. The fourth-order valence-electron chi connectivity index (χ4n) is 2.62. The van der Waals surface area contributed by atoms with E-state index in [1.165, 1.54) is 57.3 Å². The van der Waals surface area contributed by atoms with Gasteiger partial charge in [0.25, 0.3) is 0 Å². The number of nitrogens with one attached hydrogen (secondary N) is 2. The molecule has 130 valence electrons. The number of anilines is 1.